The molecule has 0 amide bonds. The highest BCUT2D eigenvalue weighted by Gasteiger charge is 2.38. The molecule has 0 aromatic heterocycles. The van der Waals surface area contributed by atoms with Crippen LogP contribution in [0.25, 0.3) is 0 Å². The molecule has 2 rings (SSSR count). The highest BCUT2D eigenvalue weighted by Crippen LogP contribution is 2.30. The zero-order chi connectivity index (χ0) is 17.1. The molecule has 2 fully saturated rings. The first-order valence-corrected chi connectivity index (χ1v) is 9.03. The minimum atomic E-state index is 0.766. The Morgan fingerprint density at radius 2 is 1.55 bits per heavy atom. The molecule has 0 radical (unpaired) electrons. The average molecular weight is 307 g/mol. The highest BCUT2D eigenvalue weighted by atomic mass is 15.3. The lowest BCUT2D eigenvalue weighted by Crippen LogP contribution is -2.52. The normalized spacial score (nSPS) is 25.3. The smallest absolute Gasteiger partial charge is 0.0237 e. The van der Waals surface area contributed by atoms with Crippen molar-refractivity contribution in [1.29, 1.82) is 0 Å². The predicted octanol–water partition coefficient (Wildman–Crippen LogP) is 4.90. The monoisotopic (exact) mass is 306 g/mol. The summed E-state index contributed by atoms with van der Waals surface area (Å²) in [5, 5.41) is 0. The predicted molar refractivity (Wildman–Crippen MR) is 101 cm³/mol. The summed E-state index contributed by atoms with van der Waals surface area (Å²) in [6.07, 6.45) is 9.32. The van der Waals surface area contributed by atoms with Crippen LogP contribution in [0.5, 0.6) is 0 Å². The van der Waals surface area contributed by atoms with Gasteiger partial charge in [0.2, 0.25) is 0 Å². The molecule has 0 aliphatic carbocycles. The second kappa shape index (κ2) is 11.7. The van der Waals surface area contributed by atoms with Gasteiger partial charge in [0.25, 0.3) is 0 Å². The summed E-state index contributed by atoms with van der Waals surface area (Å²) in [5.41, 5.74) is 2.54. The van der Waals surface area contributed by atoms with E-state index in [0.717, 1.165) is 24.2 Å². The molecular formula is C20H38N2. The molecule has 2 atom stereocenters. The van der Waals surface area contributed by atoms with Gasteiger partial charge in [-0.3, -0.25) is 4.90 Å². The molecule has 2 unspecified atom stereocenters. The standard InChI is InChI=1S/C16H26N2.2C2H6/c1-5-14(7-6-13(2)3)10-18-15-8-9-16(18)12-17(4)11-15;2*1-2/h5-7,15-16H,2,8-12H2,1,3-4H3;2*1-2H3/b7-6-,14-5+;;. The van der Waals surface area contributed by atoms with E-state index in [1.165, 1.54) is 31.5 Å². The summed E-state index contributed by atoms with van der Waals surface area (Å²) >= 11 is 0. The van der Waals surface area contributed by atoms with Crippen molar-refractivity contribution in [3.63, 3.8) is 0 Å². The summed E-state index contributed by atoms with van der Waals surface area (Å²) in [7, 11) is 2.25. The quantitative estimate of drug-likeness (QED) is 0.682. The number of hydrogen-bond donors (Lipinski definition) is 0. The molecule has 0 aromatic rings. The number of piperazine rings is 1. The summed E-state index contributed by atoms with van der Waals surface area (Å²) in [5.74, 6) is 0. The molecule has 0 spiro atoms. The van der Waals surface area contributed by atoms with Gasteiger partial charge < -0.3 is 4.90 Å². The number of rotatable bonds is 4. The van der Waals surface area contributed by atoms with Crippen molar-refractivity contribution in [2.45, 2.75) is 66.5 Å². The van der Waals surface area contributed by atoms with E-state index in [2.05, 4.69) is 48.6 Å². The molecule has 128 valence electrons. The molecular weight excluding hydrogens is 268 g/mol. The molecule has 2 aliphatic rings. The number of hydrogen-bond acceptors (Lipinski definition) is 2. The molecule has 22 heavy (non-hydrogen) atoms. The van der Waals surface area contributed by atoms with Gasteiger partial charge in [-0.2, -0.15) is 0 Å². The van der Waals surface area contributed by atoms with Crippen LogP contribution in [-0.2, 0) is 0 Å². The average Bonchev–Trinajstić information content (AvgIpc) is 2.77. The molecule has 0 N–H and O–H groups in total. The number of likely N-dealkylation sites (N-methyl/N-ethyl adjacent to an activating group) is 1. The molecule has 2 aliphatic heterocycles. The zero-order valence-corrected chi connectivity index (χ0v) is 16.0. The molecule has 2 heteroatoms. The zero-order valence-electron chi connectivity index (χ0n) is 16.0. The molecule has 2 saturated heterocycles. The van der Waals surface area contributed by atoms with Gasteiger partial charge in [0.15, 0.2) is 0 Å². The highest BCUT2D eigenvalue weighted by molar-refractivity contribution is 5.26. The van der Waals surface area contributed by atoms with Crippen LogP contribution in [0.1, 0.15) is 54.4 Å². The minimum absolute atomic E-state index is 0.766. The number of allylic oxidation sites excluding steroid dienone is 3. The Hall–Kier alpha value is -0.860. The second-order valence-corrected chi connectivity index (χ2v) is 5.82. The minimum Gasteiger partial charge on any atom is -0.303 e. The van der Waals surface area contributed by atoms with Gasteiger partial charge in [-0.25, -0.2) is 0 Å². The van der Waals surface area contributed by atoms with Gasteiger partial charge in [-0.05, 0) is 39.3 Å². The third-order valence-corrected chi connectivity index (χ3v) is 4.13. The Balaban J connectivity index is 0.00000102. The van der Waals surface area contributed by atoms with Crippen molar-refractivity contribution in [2.24, 2.45) is 0 Å². The van der Waals surface area contributed by atoms with Crippen LogP contribution < -0.4 is 0 Å². The van der Waals surface area contributed by atoms with Gasteiger partial charge >= 0.3 is 0 Å². The maximum absolute atomic E-state index is 3.93. The first-order valence-electron chi connectivity index (χ1n) is 9.03. The van der Waals surface area contributed by atoms with Gasteiger partial charge in [-0.1, -0.05) is 58.1 Å². The van der Waals surface area contributed by atoms with Gasteiger partial charge in [0.05, 0.1) is 0 Å². The topological polar surface area (TPSA) is 6.48 Å². The lowest BCUT2D eigenvalue weighted by molar-refractivity contribution is 0.0920. The van der Waals surface area contributed by atoms with Crippen LogP contribution in [0.4, 0.5) is 0 Å². The summed E-state index contributed by atoms with van der Waals surface area (Å²) in [6.45, 7) is 19.7. The first-order chi connectivity index (χ1) is 10.6. The van der Waals surface area contributed by atoms with E-state index in [0.29, 0.717) is 0 Å². The van der Waals surface area contributed by atoms with Crippen molar-refractivity contribution in [3.05, 3.63) is 36.0 Å². The van der Waals surface area contributed by atoms with Crippen molar-refractivity contribution < 1.29 is 0 Å². The third kappa shape index (κ3) is 6.50. The first kappa shape index (κ1) is 21.1. The van der Waals surface area contributed by atoms with Crippen LogP contribution in [0.3, 0.4) is 0 Å². The SMILES string of the molecule is C=C(C)/C=C\C(=C/C)CN1C2CCC1CN(C)C2.CC.CC. The summed E-state index contributed by atoms with van der Waals surface area (Å²) in [4.78, 5) is 5.19. The van der Waals surface area contributed by atoms with Crippen LogP contribution in [-0.4, -0.2) is 48.6 Å². The van der Waals surface area contributed by atoms with E-state index in [4.69, 9.17) is 0 Å². The van der Waals surface area contributed by atoms with Crippen molar-refractivity contribution >= 4 is 0 Å². The van der Waals surface area contributed by atoms with Crippen LogP contribution in [0.15, 0.2) is 36.0 Å². The fourth-order valence-corrected chi connectivity index (χ4v) is 3.16. The van der Waals surface area contributed by atoms with Crippen LogP contribution in [0.2, 0.25) is 0 Å². The fourth-order valence-electron chi connectivity index (χ4n) is 3.16. The Morgan fingerprint density at radius 1 is 1.05 bits per heavy atom. The van der Waals surface area contributed by atoms with Gasteiger partial charge in [0.1, 0.15) is 0 Å². The lowest BCUT2D eigenvalue weighted by atomic mass is 10.1. The van der Waals surface area contributed by atoms with Crippen molar-refractivity contribution in [3.8, 4) is 0 Å². The van der Waals surface area contributed by atoms with E-state index in [1.54, 1.807) is 0 Å². The fraction of sp³-hybridized carbons (Fsp3) is 0.700. The summed E-state index contributed by atoms with van der Waals surface area (Å²) < 4.78 is 0. The Morgan fingerprint density at radius 3 is 1.95 bits per heavy atom. The van der Waals surface area contributed by atoms with Gasteiger partial charge in [0, 0.05) is 31.7 Å². The maximum Gasteiger partial charge on any atom is 0.0237 e. The number of fused-ring (bicyclic) bond motifs is 2. The van der Waals surface area contributed by atoms with Crippen molar-refractivity contribution in [1.82, 2.24) is 9.80 Å². The Bertz CT molecular complexity index is 354. The second-order valence-electron chi connectivity index (χ2n) is 5.82. The molecule has 0 aromatic carbocycles. The maximum atomic E-state index is 3.93. The molecule has 0 saturated carbocycles. The van der Waals surface area contributed by atoms with Crippen LogP contribution >= 0.6 is 0 Å². The van der Waals surface area contributed by atoms with E-state index >= 15 is 0 Å². The largest absolute Gasteiger partial charge is 0.303 e. The molecule has 2 heterocycles. The molecule has 2 bridgehead atoms. The Kier molecular flexibility index (Phi) is 11.2. The number of nitrogens with zero attached hydrogens (tertiary/aromatic N) is 2. The molecule has 2 nitrogen and oxygen atoms in total. The van der Waals surface area contributed by atoms with E-state index in [9.17, 15) is 0 Å². The lowest BCUT2D eigenvalue weighted by Gasteiger charge is -2.39. The summed E-state index contributed by atoms with van der Waals surface area (Å²) in [6, 6.07) is 1.53. The van der Waals surface area contributed by atoms with E-state index in [1.807, 2.05) is 34.6 Å². The van der Waals surface area contributed by atoms with Gasteiger partial charge in [-0.15, -0.1) is 0 Å². The number of likely N-dealkylation sites (tertiary alicyclic amines) is 1. The third-order valence-electron chi connectivity index (χ3n) is 4.13. The van der Waals surface area contributed by atoms with E-state index < -0.39 is 0 Å². The van der Waals surface area contributed by atoms with E-state index in [-0.39, 0.29) is 0 Å². The van der Waals surface area contributed by atoms with Crippen LogP contribution in [0, 0.1) is 0 Å². The van der Waals surface area contributed by atoms with Crippen molar-refractivity contribution in [2.75, 3.05) is 26.7 Å². The Labute approximate surface area is 139 Å².